The zero-order valence-corrected chi connectivity index (χ0v) is 18.9. The predicted octanol–water partition coefficient (Wildman–Crippen LogP) is 6.22. The molecule has 0 spiro atoms. The van der Waals surface area contributed by atoms with Crippen molar-refractivity contribution >= 4 is 13.5 Å². The molecule has 0 aromatic heterocycles. The van der Waals surface area contributed by atoms with Crippen LogP contribution < -0.4 is 5.73 Å². The Balaban J connectivity index is 0.00000120. The number of hydrogen-bond acceptors (Lipinski definition) is 2. The molecule has 1 amide bonds. The molecule has 5 nitrogen and oxygen atoms in total. The number of aryl methyl sites for hydroxylation is 1. The Morgan fingerprint density at radius 2 is 0.897 bits per heavy atom. The van der Waals surface area contributed by atoms with Crippen LogP contribution in [0.25, 0.3) is 0 Å². The average molecular weight is 635 g/mol. The van der Waals surface area contributed by atoms with Gasteiger partial charge in [-0.25, -0.2) is 0 Å². The number of amides is 1. The van der Waals surface area contributed by atoms with Gasteiger partial charge in [-0.1, -0.05) is 17.7 Å². The van der Waals surface area contributed by atoms with Gasteiger partial charge in [0, 0.05) is 5.56 Å². The van der Waals surface area contributed by atoms with Gasteiger partial charge in [-0.2, -0.15) is 74.6 Å². The largest absolute Gasteiger partial charge is 0.460 e. The van der Waals surface area contributed by atoms with Crippen LogP contribution in [0, 0.1) is 6.92 Å². The van der Waals surface area contributed by atoms with E-state index in [0.29, 0.717) is 5.56 Å². The van der Waals surface area contributed by atoms with E-state index in [2.05, 4.69) is 0 Å². The quantitative estimate of drug-likeness (QED) is 0.233. The second-order valence-corrected chi connectivity index (χ2v) is 8.91. The lowest BCUT2D eigenvalue weighted by Gasteiger charge is -2.42. The Labute approximate surface area is 203 Å². The number of nitrogens with two attached hydrogens (primary N) is 1. The molecule has 1 rings (SSSR count). The van der Waals surface area contributed by atoms with Crippen molar-refractivity contribution in [1.29, 1.82) is 0 Å². The monoisotopic (exact) mass is 635 g/mol. The van der Waals surface area contributed by atoms with E-state index in [1.54, 1.807) is 12.1 Å². The van der Waals surface area contributed by atoms with Crippen molar-refractivity contribution < 1.29 is 93.8 Å². The first-order chi connectivity index (χ1) is 16.7. The molecule has 39 heavy (non-hydrogen) atoms. The number of halogens is 17. The molecule has 23 heteroatoms. The number of carbonyl (C=O) groups excluding carboxylic acids is 1. The second-order valence-electron chi connectivity index (χ2n) is 7.26. The van der Waals surface area contributed by atoms with Gasteiger partial charge in [0.2, 0.25) is 5.91 Å². The van der Waals surface area contributed by atoms with Crippen LogP contribution in [0.15, 0.2) is 24.3 Å². The zero-order chi connectivity index (χ0) is 32.1. The minimum absolute atomic E-state index is 0.375. The fraction of sp³-hybridized carbons (Fsp3) is 0.562. The Kier molecular flexibility index (Phi) is 9.62. The summed E-state index contributed by atoms with van der Waals surface area (Å²) in [6, 6.07) is 7.16. The number of benzene rings is 1. The average Bonchev–Trinajstić information content (AvgIpc) is 2.72. The minimum atomic E-state index is -8.86. The molecule has 0 atom stereocenters. The third-order valence-corrected chi connectivity index (χ3v) is 5.42. The molecule has 1 aromatic rings. The lowest BCUT2D eigenvalue weighted by molar-refractivity contribution is -0.458. The molecule has 1 aromatic carbocycles. The highest BCUT2D eigenvalue weighted by molar-refractivity contribution is 7.53. The molecule has 0 saturated heterocycles. The summed E-state index contributed by atoms with van der Waals surface area (Å²) in [6.45, 7) is 1.96. The zero-order valence-electron chi connectivity index (χ0n) is 18.0. The third kappa shape index (κ3) is 5.77. The topological polar surface area (TPSA) is 101 Å². The standard InChI is InChI=1S/C8H2F17O3P.C8H9NO/c9-1(10,3(13,14)5(17,18)7(21,22)23)2(11,12)4(15,16)6(19,20)8(24,25)29(26,27)28;1-6-2-4-7(5-3-6)8(9)10/h(H2,26,27,28);2-5H,1H3,(H2,9,10). The Bertz CT molecular complexity index is 1080. The summed E-state index contributed by atoms with van der Waals surface area (Å²) in [5.74, 6) is -52.1. The summed E-state index contributed by atoms with van der Waals surface area (Å²) in [7, 11) is -7.97. The summed E-state index contributed by atoms with van der Waals surface area (Å²) in [6.07, 6.45) is -7.87. The van der Waals surface area contributed by atoms with Crippen molar-refractivity contribution in [2.24, 2.45) is 5.73 Å². The van der Waals surface area contributed by atoms with Crippen LogP contribution in [-0.4, -0.2) is 63.1 Å². The number of alkyl halides is 17. The van der Waals surface area contributed by atoms with Crippen LogP contribution in [0.3, 0.4) is 0 Å². The number of primary amides is 1. The van der Waals surface area contributed by atoms with Gasteiger partial charge in [0.15, 0.2) is 0 Å². The van der Waals surface area contributed by atoms with Crippen molar-refractivity contribution in [1.82, 2.24) is 0 Å². The predicted molar refractivity (Wildman–Crippen MR) is 92.4 cm³/mol. The van der Waals surface area contributed by atoms with Crippen LogP contribution in [0.5, 0.6) is 0 Å². The van der Waals surface area contributed by atoms with E-state index in [0.717, 1.165) is 5.56 Å². The smallest absolute Gasteiger partial charge is 0.366 e. The molecule has 228 valence electrons. The normalized spacial score (nSPS) is 15.0. The fourth-order valence-electron chi connectivity index (χ4n) is 2.06. The highest BCUT2D eigenvalue weighted by Gasteiger charge is 2.96. The first kappa shape index (κ1) is 36.6. The van der Waals surface area contributed by atoms with Gasteiger partial charge >= 0.3 is 55.0 Å². The number of hydrogen-bond donors (Lipinski definition) is 3. The molecule has 0 fully saturated rings. The van der Waals surface area contributed by atoms with Crippen molar-refractivity contribution in [3.05, 3.63) is 35.4 Å². The highest BCUT2D eigenvalue weighted by Crippen LogP contribution is 2.69. The summed E-state index contributed by atoms with van der Waals surface area (Å²) in [5, 5.41) is 0. The van der Waals surface area contributed by atoms with Gasteiger partial charge in [-0.15, -0.1) is 0 Å². The lowest BCUT2D eigenvalue weighted by Crippen LogP contribution is -2.74. The lowest BCUT2D eigenvalue weighted by atomic mass is 9.91. The second kappa shape index (κ2) is 10.2. The number of rotatable bonds is 8. The van der Waals surface area contributed by atoms with Crippen LogP contribution in [0.4, 0.5) is 74.6 Å². The summed E-state index contributed by atoms with van der Waals surface area (Å²) >= 11 is 0. The fourth-order valence-corrected chi connectivity index (χ4v) is 2.56. The summed E-state index contributed by atoms with van der Waals surface area (Å²) in [4.78, 5) is 26.1. The summed E-state index contributed by atoms with van der Waals surface area (Å²) < 4.78 is 225. The van der Waals surface area contributed by atoms with Crippen LogP contribution in [-0.2, 0) is 4.57 Å². The highest BCUT2D eigenvalue weighted by atomic mass is 31.2. The van der Waals surface area contributed by atoms with Crippen molar-refractivity contribution in [3.63, 3.8) is 0 Å². The molecule has 0 bridgehead atoms. The van der Waals surface area contributed by atoms with Gasteiger partial charge in [-0.3, -0.25) is 9.36 Å². The van der Waals surface area contributed by atoms with E-state index in [1.165, 1.54) is 0 Å². The van der Waals surface area contributed by atoms with Crippen molar-refractivity contribution in [2.45, 2.75) is 54.3 Å². The summed E-state index contributed by atoms with van der Waals surface area (Å²) in [5.41, 5.74) is -0.988. The Morgan fingerprint density at radius 1 is 0.615 bits per heavy atom. The van der Waals surface area contributed by atoms with Crippen LogP contribution in [0.2, 0.25) is 0 Å². The maximum atomic E-state index is 13.1. The molecular formula is C16H11F17NO4P. The van der Waals surface area contributed by atoms with Gasteiger partial charge in [0.1, 0.15) is 0 Å². The van der Waals surface area contributed by atoms with E-state index in [9.17, 15) is 84.0 Å². The van der Waals surface area contributed by atoms with Gasteiger partial charge in [0.05, 0.1) is 0 Å². The molecule has 0 unspecified atom stereocenters. The molecule has 4 N–H and O–H groups in total. The minimum Gasteiger partial charge on any atom is -0.366 e. The van der Waals surface area contributed by atoms with E-state index >= 15 is 0 Å². The first-order valence-electron chi connectivity index (χ1n) is 8.83. The Hall–Kier alpha value is -2.35. The van der Waals surface area contributed by atoms with E-state index in [-0.39, 0.29) is 5.91 Å². The SMILES string of the molecule is Cc1ccc(C(N)=O)cc1.O=P(O)(O)C(F)(F)C(F)(F)C(F)(F)C(F)(F)C(F)(F)C(F)(F)C(F)(F)C(F)(F)F. The maximum Gasteiger partial charge on any atom is 0.460 e. The molecule has 0 aliphatic rings. The molecule has 0 aliphatic carbocycles. The van der Waals surface area contributed by atoms with Crippen LogP contribution >= 0.6 is 7.60 Å². The van der Waals surface area contributed by atoms with Gasteiger partial charge in [-0.05, 0) is 19.1 Å². The van der Waals surface area contributed by atoms with Gasteiger partial charge < -0.3 is 15.5 Å². The number of carbonyl (C=O) groups is 1. The van der Waals surface area contributed by atoms with E-state index in [1.807, 2.05) is 19.1 Å². The van der Waals surface area contributed by atoms with Crippen molar-refractivity contribution in [3.8, 4) is 0 Å². The molecule has 0 heterocycles. The van der Waals surface area contributed by atoms with E-state index in [4.69, 9.17) is 15.5 Å². The maximum absolute atomic E-state index is 13.1. The van der Waals surface area contributed by atoms with E-state index < -0.39 is 55.0 Å². The van der Waals surface area contributed by atoms with Crippen LogP contribution in [0.1, 0.15) is 15.9 Å². The molecule has 0 saturated carbocycles. The molecule has 0 radical (unpaired) electrons. The first-order valence-corrected chi connectivity index (χ1v) is 10.4. The molecule has 0 aliphatic heterocycles. The van der Waals surface area contributed by atoms with Crippen molar-refractivity contribution in [2.75, 3.05) is 0 Å². The molecular weight excluding hydrogens is 624 g/mol. The Morgan fingerprint density at radius 3 is 1.15 bits per heavy atom. The van der Waals surface area contributed by atoms with Gasteiger partial charge in [0.25, 0.3) is 0 Å². The third-order valence-electron chi connectivity index (χ3n) is 4.41.